The van der Waals surface area contributed by atoms with Gasteiger partial charge in [0.25, 0.3) is 0 Å². The zero-order valence-electron chi connectivity index (χ0n) is 8.09. The van der Waals surface area contributed by atoms with E-state index in [0.29, 0.717) is 10.8 Å². The summed E-state index contributed by atoms with van der Waals surface area (Å²) in [7, 11) is 0. The molecule has 1 aromatic heterocycles. The molecule has 0 atom stereocenters. The Bertz CT molecular complexity index is 481. The van der Waals surface area contributed by atoms with Crippen molar-refractivity contribution in [1.82, 2.24) is 15.2 Å². The zero-order chi connectivity index (χ0) is 10.8. The quantitative estimate of drug-likeness (QED) is 0.918. The van der Waals surface area contributed by atoms with Gasteiger partial charge < -0.3 is 0 Å². The maximum absolute atomic E-state index is 5.91. The van der Waals surface area contributed by atoms with E-state index in [9.17, 15) is 0 Å². The number of hydrogen-bond donors (Lipinski definition) is 1. The number of benzene rings is 1. The Morgan fingerprint density at radius 2 is 2.27 bits per heavy atom. The fourth-order valence-electron chi connectivity index (χ4n) is 1.22. The maximum atomic E-state index is 5.91. The largest absolute Gasteiger partial charge is 0.263 e. The summed E-state index contributed by atoms with van der Waals surface area (Å²) >= 11 is 9.27. The highest BCUT2D eigenvalue weighted by molar-refractivity contribution is 9.10. The minimum Gasteiger partial charge on any atom is -0.263 e. The molecule has 0 radical (unpaired) electrons. The number of aryl methyl sites for hydroxylation is 1. The molecule has 0 saturated carbocycles. The molecule has 0 spiro atoms. The summed E-state index contributed by atoms with van der Waals surface area (Å²) in [5.74, 6) is 1.58. The van der Waals surface area contributed by atoms with Gasteiger partial charge in [0.15, 0.2) is 5.82 Å². The third-order valence-corrected chi connectivity index (χ3v) is 3.26. The smallest absolute Gasteiger partial charge is 0.181 e. The maximum Gasteiger partial charge on any atom is 0.181 e. The average Bonchev–Trinajstić information content (AvgIpc) is 2.70. The summed E-state index contributed by atoms with van der Waals surface area (Å²) in [6, 6.07) is 5.63. The molecule has 78 valence electrons. The van der Waals surface area contributed by atoms with E-state index in [-0.39, 0.29) is 0 Å². The third kappa shape index (κ3) is 2.21. The van der Waals surface area contributed by atoms with Gasteiger partial charge in [0, 0.05) is 16.5 Å². The van der Waals surface area contributed by atoms with E-state index in [1.54, 1.807) is 0 Å². The van der Waals surface area contributed by atoms with Crippen LogP contribution in [0.15, 0.2) is 22.7 Å². The number of rotatable bonds is 2. The number of aromatic nitrogens is 3. The third-order valence-electron chi connectivity index (χ3n) is 2.04. The SMILES string of the molecule is CCc1nc(-c2ccc(Cl)c(Br)c2)n[nH]1. The lowest BCUT2D eigenvalue weighted by Gasteiger charge is -1.98. The number of H-pyrrole nitrogens is 1. The second-order valence-electron chi connectivity index (χ2n) is 3.09. The van der Waals surface area contributed by atoms with Crippen molar-refractivity contribution in [1.29, 1.82) is 0 Å². The van der Waals surface area contributed by atoms with Gasteiger partial charge in [-0.2, -0.15) is 5.10 Å². The molecule has 15 heavy (non-hydrogen) atoms. The number of aromatic amines is 1. The molecule has 2 aromatic rings. The van der Waals surface area contributed by atoms with Crippen LogP contribution in [0.25, 0.3) is 11.4 Å². The van der Waals surface area contributed by atoms with E-state index in [1.807, 2.05) is 25.1 Å². The van der Waals surface area contributed by atoms with Crippen molar-refractivity contribution in [3.05, 3.63) is 33.5 Å². The predicted molar refractivity (Wildman–Crippen MR) is 63.9 cm³/mol. The van der Waals surface area contributed by atoms with Gasteiger partial charge in [-0.3, -0.25) is 5.10 Å². The summed E-state index contributed by atoms with van der Waals surface area (Å²) in [6.07, 6.45) is 0.849. The lowest BCUT2D eigenvalue weighted by atomic mass is 10.2. The fraction of sp³-hybridized carbons (Fsp3) is 0.200. The lowest BCUT2D eigenvalue weighted by molar-refractivity contribution is 0.946. The molecule has 3 nitrogen and oxygen atoms in total. The minimum atomic E-state index is 0.685. The van der Waals surface area contributed by atoms with E-state index in [1.165, 1.54) is 0 Å². The van der Waals surface area contributed by atoms with Crippen molar-refractivity contribution in [3.8, 4) is 11.4 Å². The second kappa shape index (κ2) is 4.33. The molecule has 5 heteroatoms. The molecule has 0 unspecified atom stereocenters. The highest BCUT2D eigenvalue weighted by atomic mass is 79.9. The van der Waals surface area contributed by atoms with Crippen molar-refractivity contribution in [2.75, 3.05) is 0 Å². The summed E-state index contributed by atoms with van der Waals surface area (Å²) in [4.78, 5) is 4.34. The Morgan fingerprint density at radius 3 is 2.87 bits per heavy atom. The molecular weight excluding hydrogens is 277 g/mol. The van der Waals surface area contributed by atoms with E-state index < -0.39 is 0 Å². The normalized spacial score (nSPS) is 10.6. The average molecular weight is 287 g/mol. The van der Waals surface area contributed by atoms with Crippen LogP contribution in [0.1, 0.15) is 12.7 Å². The van der Waals surface area contributed by atoms with Crippen molar-refractivity contribution >= 4 is 27.5 Å². The van der Waals surface area contributed by atoms with E-state index in [0.717, 1.165) is 22.3 Å². The first-order valence-electron chi connectivity index (χ1n) is 4.57. The van der Waals surface area contributed by atoms with Crippen LogP contribution in [0, 0.1) is 0 Å². The highest BCUT2D eigenvalue weighted by Gasteiger charge is 2.06. The molecular formula is C10H9BrClN3. The molecule has 1 heterocycles. The fourth-order valence-corrected chi connectivity index (χ4v) is 1.71. The van der Waals surface area contributed by atoms with Gasteiger partial charge in [0.05, 0.1) is 5.02 Å². The van der Waals surface area contributed by atoms with Crippen LogP contribution < -0.4 is 0 Å². The molecule has 0 aliphatic heterocycles. The van der Waals surface area contributed by atoms with Gasteiger partial charge in [-0.15, -0.1) is 0 Å². The Hall–Kier alpha value is -0.870. The minimum absolute atomic E-state index is 0.685. The molecule has 0 saturated heterocycles. The lowest BCUT2D eigenvalue weighted by Crippen LogP contribution is -1.83. The molecule has 0 aliphatic carbocycles. The van der Waals surface area contributed by atoms with Gasteiger partial charge in [0.2, 0.25) is 0 Å². The topological polar surface area (TPSA) is 41.6 Å². The van der Waals surface area contributed by atoms with Crippen LogP contribution in [-0.4, -0.2) is 15.2 Å². The predicted octanol–water partition coefficient (Wildman–Crippen LogP) is 3.45. The molecule has 0 aliphatic rings. The summed E-state index contributed by atoms with van der Waals surface area (Å²) < 4.78 is 0.851. The van der Waals surface area contributed by atoms with Crippen molar-refractivity contribution in [3.63, 3.8) is 0 Å². The molecule has 0 amide bonds. The van der Waals surface area contributed by atoms with Crippen LogP contribution in [0.4, 0.5) is 0 Å². The highest BCUT2D eigenvalue weighted by Crippen LogP contribution is 2.27. The number of hydrogen-bond acceptors (Lipinski definition) is 2. The first-order valence-corrected chi connectivity index (χ1v) is 5.74. The number of nitrogens with one attached hydrogen (secondary N) is 1. The number of halogens is 2. The second-order valence-corrected chi connectivity index (χ2v) is 4.35. The molecule has 2 rings (SSSR count). The zero-order valence-corrected chi connectivity index (χ0v) is 10.4. The van der Waals surface area contributed by atoms with Gasteiger partial charge in [-0.25, -0.2) is 4.98 Å². The van der Waals surface area contributed by atoms with Crippen molar-refractivity contribution < 1.29 is 0 Å². The van der Waals surface area contributed by atoms with Gasteiger partial charge >= 0.3 is 0 Å². The Kier molecular flexibility index (Phi) is 3.07. The van der Waals surface area contributed by atoms with Crippen LogP contribution in [0.5, 0.6) is 0 Å². The molecule has 1 aromatic carbocycles. The molecule has 0 fully saturated rings. The monoisotopic (exact) mass is 285 g/mol. The summed E-state index contributed by atoms with van der Waals surface area (Å²) in [5.41, 5.74) is 0.947. The van der Waals surface area contributed by atoms with E-state index in [4.69, 9.17) is 11.6 Å². The van der Waals surface area contributed by atoms with Crippen molar-refractivity contribution in [2.45, 2.75) is 13.3 Å². The van der Waals surface area contributed by atoms with Crippen LogP contribution in [0.2, 0.25) is 5.02 Å². The summed E-state index contributed by atoms with van der Waals surface area (Å²) in [5, 5.41) is 7.69. The van der Waals surface area contributed by atoms with Crippen LogP contribution in [-0.2, 0) is 6.42 Å². The Labute approximate surface area is 101 Å². The summed E-state index contributed by atoms with van der Waals surface area (Å²) in [6.45, 7) is 2.03. The standard InChI is InChI=1S/C10H9BrClN3/c1-2-9-13-10(15-14-9)6-3-4-8(12)7(11)5-6/h3-5H,2H2,1H3,(H,13,14,15). The van der Waals surface area contributed by atoms with Gasteiger partial charge in [-0.05, 0) is 34.1 Å². The van der Waals surface area contributed by atoms with Crippen LogP contribution >= 0.6 is 27.5 Å². The van der Waals surface area contributed by atoms with E-state index >= 15 is 0 Å². The van der Waals surface area contributed by atoms with Gasteiger partial charge in [-0.1, -0.05) is 18.5 Å². The number of nitrogens with zero attached hydrogens (tertiary/aromatic N) is 2. The molecule has 1 N–H and O–H groups in total. The molecule has 0 bridgehead atoms. The first-order chi connectivity index (χ1) is 7.20. The van der Waals surface area contributed by atoms with E-state index in [2.05, 4.69) is 31.1 Å². The van der Waals surface area contributed by atoms with Crippen molar-refractivity contribution in [2.24, 2.45) is 0 Å². The Morgan fingerprint density at radius 1 is 1.47 bits per heavy atom. The Balaban J connectivity index is 2.40. The first kappa shape index (κ1) is 10.6. The van der Waals surface area contributed by atoms with Crippen LogP contribution in [0.3, 0.4) is 0 Å². The van der Waals surface area contributed by atoms with Gasteiger partial charge in [0.1, 0.15) is 5.82 Å².